The van der Waals surface area contributed by atoms with Crippen molar-refractivity contribution in [3.63, 3.8) is 0 Å². The van der Waals surface area contributed by atoms with Gasteiger partial charge in [0.2, 0.25) is 53.2 Å². The Bertz CT molecular complexity index is 4180. The lowest BCUT2D eigenvalue weighted by molar-refractivity contribution is -0.125. The molecule has 8 N–H and O–H groups in total. The summed E-state index contributed by atoms with van der Waals surface area (Å²) in [4.78, 5) is 122. The molecule has 0 saturated carbocycles. The summed E-state index contributed by atoms with van der Waals surface area (Å²) in [5.41, 5.74) is 15.3. The van der Waals surface area contributed by atoms with Crippen LogP contribution in [-0.2, 0) is 120 Å². The standard InChI is InChI=1S/C94H116N10O21/c95-94(70-123-46-37-88(108)99-43-52-117-58-64-120-61-55-114-49-40-96-85(105)31-34-91(111)102-67-79-19-4-1-13-73(79)25-28-76-16-7-10-22-82(76)102,71-124-47-38-89(109)100-44-53-118-59-65-121-62-56-115-50-41-97-86(106)32-35-92(112)103-68-80-20-5-2-14-74(80)26-29-77-17-8-11-23-83(77)103)72-125-48-39-90(110)101-45-54-119-60-66-122-63-57-116-51-42-98-87(107)33-36-93(113)104-69-81-21-6-3-15-75(81)27-30-78-18-9-12-24-84(78)104/h1-24H,31-72,95H2,(H,96,105)(H,97,106)(H,98,107)(H,99,108)(H,100,109)(H,101,110). The second-order valence-electron chi connectivity index (χ2n) is 29.1. The maximum Gasteiger partial charge on any atom is 0.227 e. The van der Waals surface area contributed by atoms with Gasteiger partial charge >= 0.3 is 0 Å². The van der Waals surface area contributed by atoms with Gasteiger partial charge in [0.05, 0.1) is 201 Å². The fourth-order valence-corrected chi connectivity index (χ4v) is 12.9. The Morgan fingerprint density at radius 3 is 0.696 bits per heavy atom. The number of carbonyl (C=O) groups is 9. The summed E-state index contributed by atoms with van der Waals surface area (Å²) in [6.07, 6.45) is 0.242. The molecule has 31 nitrogen and oxygen atoms in total. The quantitative estimate of drug-likeness (QED) is 0.0196. The Labute approximate surface area is 731 Å². The Kier molecular flexibility index (Phi) is 44.7. The monoisotopic (exact) mass is 1720 g/mol. The van der Waals surface area contributed by atoms with Gasteiger partial charge < -0.3 is 109 Å². The smallest absolute Gasteiger partial charge is 0.227 e. The first kappa shape index (κ1) is 97.5. The van der Waals surface area contributed by atoms with Crippen LogP contribution >= 0.6 is 0 Å². The highest BCUT2D eigenvalue weighted by Gasteiger charge is 2.29. The SMILES string of the molecule is NC(COCCC(=O)NCCOCCOCCOCCNC(=O)CCC(=O)N1Cc2ccccc2C#Cc2ccccc21)(COCCC(=O)NCCOCCOCCOCCNC(=O)CCC(=O)N1Cc2ccccc2C#Cc2ccccc21)COCCC(=O)NCCOCCOCCOCCNC(=O)CCC(=O)N1Cc2ccccc2C#Cc2ccccc21. The normalized spacial score (nSPS) is 12.2. The van der Waals surface area contributed by atoms with E-state index in [-0.39, 0.29) is 249 Å². The van der Waals surface area contributed by atoms with Crippen molar-refractivity contribution in [3.8, 4) is 35.5 Å². The zero-order valence-electron chi connectivity index (χ0n) is 71.0. The van der Waals surface area contributed by atoms with Crippen LogP contribution in [0.15, 0.2) is 146 Å². The molecule has 6 aromatic rings. The zero-order chi connectivity index (χ0) is 88.0. The van der Waals surface area contributed by atoms with Gasteiger partial charge in [-0.1, -0.05) is 127 Å². The molecule has 9 rings (SSSR count). The fraction of sp³-hybridized carbons (Fsp3) is 0.457. The third-order valence-corrected chi connectivity index (χ3v) is 19.5. The Morgan fingerprint density at radius 1 is 0.248 bits per heavy atom. The lowest BCUT2D eigenvalue weighted by atomic mass is 10.0. The van der Waals surface area contributed by atoms with Gasteiger partial charge in [-0.15, -0.1) is 0 Å². The molecule has 9 amide bonds. The Balaban J connectivity index is 0.567. The lowest BCUT2D eigenvalue weighted by Gasteiger charge is -2.29. The summed E-state index contributed by atoms with van der Waals surface area (Å²) >= 11 is 0. The van der Waals surface area contributed by atoms with E-state index in [9.17, 15) is 43.2 Å². The number of nitrogens with zero attached hydrogens (tertiary/aromatic N) is 3. The van der Waals surface area contributed by atoms with Crippen LogP contribution in [0.1, 0.15) is 108 Å². The number of benzene rings is 6. The van der Waals surface area contributed by atoms with E-state index in [2.05, 4.69) is 67.4 Å². The van der Waals surface area contributed by atoms with Crippen molar-refractivity contribution >= 4 is 70.2 Å². The lowest BCUT2D eigenvalue weighted by Crippen LogP contribution is -2.53. The molecule has 0 radical (unpaired) electrons. The van der Waals surface area contributed by atoms with Crippen molar-refractivity contribution in [1.29, 1.82) is 0 Å². The molecule has 3 aliphatic heterocycles. The second kappa shape index (κ2) is 57.3. The highest BCUT2D eigenvalue weighted by molar-refractivity contribution is 5.99. The minimum absolute atomic E-state index is 0.0205. The van der Waals surface area contributed by atoms with E-state index in [1.807, 2.05) is 146 Å². The van der Waals surface area contributed by atoms with Crippen LogP contribution in [0.5, 0.6) is 0 Å². The summed E-state index contributed by atoms with van der Waals surface area (Å²) in [5.74, 6) is 17.1. The summed E-state index contributed by atoms with van der Waals surface area (Å²) < 4.78 is 68.0. The van der Waals surface area contributed by atoms with E-state index in [1.165, 1.54) is 0 Å². The average molecular weight is 1720 g/mol. The first-order valence-electron chi connectivity index (χ1n) is 42.5. The predicted molar refractivity (Wildman–Crippen MR) is 467 cm³/mol. The molecular weight excluding hydrogens is 1610 g/mol. The molecule has 0 bridgehead atoms. The first-order chi connectivity index (χ1) is 61.2. The average Bonchev–Trinajstić information content (AvgIpc) is 0.813. The molecule has 0 saturated heterocycles. The molecule has 125 heavy (non-hydrogen) atoms. The summed E-state index contributed by atoms with van der Waals surface area (Å²) in [6, 6.07) is 45.7. The Morgan fingerprint density at radius 2 is 0.448 bits per heavy atom. The molecule has 3 aliphatic rings. The number of nitrogens with one attached hydrogen (secondary N) is 6. The third kappa shape index (κ3) is 37.2. The van der Waals surface area contributed by atoms with Gasteiger partial charge in [0, 0.05) is 130 Å². The van der Waals surface area contributed by atoms with Gasteiger partial charge in [0.15, 0.2) is 0 Å². The van der Waals surface area contributed by atoms with E-state index >= 15 is 0 Å². The van der Waals surface area contributed by atoms with E-state index in [1.54, 1.807) is 14.7 Å². The predicted octanol–water partition coefficient (Wildman–Crippen LogP) is 4.93. The van der Waals surface area contributed by atoms with Crippen molar-refractivity contribution in [2.45, 2.75) is 83.0 Å². The maximum absolute atomic E-state index is 13.5. The van der Waals surface area contributed by atoms with Crippen molar-refractivity contribution in [2.75, 3.05) is 213 Å². The molecular formula is C94H116N10O21. The van der Waals surface area contributed by atoms with E-state index in [0.717, 1.165) is 50.1 Å². The number of carbonyl (C=O) groups excluding carboxylic acids is 9. The fourth-order valence-electron chi connectivity index (χ4n) is 12.9. The van der Waals surface area contributed by atoms with Crippen LogP contribution < -0.4 is 52.3 Å². The van der Waals surface area contributed by atoms with E-state index in [4.69, 9.17) is 62.6 Å². The number of ether oxygens (including phenoxy) is 12. The molecule has 0 atom stereocenters. The third-order valence-electron chi connectivity index (χ3n) is 19.5. The van der Waals surface area contributed by atoms with Crippen LogP contribution in [0.2, 0.25) is 0 Å². The molecule has 6 aromatic carbocycles. The number of amides is 9. The number of rotatable bonds is 60. The topological polar surface area (TPSA) is 372 Å². The van der Waals surface area contributed by atoms with Gasteiger partial charge in [-0.3, -0.25) is 43.2 Å². The zero-order valence-corrected chi connectivity index (χ0v) is 71.0. The van der Waals surface area contributed by atoms with Crippen LogP contribution in [0.3, 0.4) is 0 Å². The van der Waals surface area contributed by atoms with E-state index in [0.29, 0.717) is 96.2 Å². The molecule has 0 aromatic heterocycles. The van der Waals surface area contributed by atoms with Gasteiger partial charge in [-0.05, 0) is 71.3 Å². The van der Waals surface area contributed by atoms with Gasteiger partial charge in [0.1, 0.15) is 0 Å². The number of para-hydroxylation sites is 3. The van der Waals surface area contributed by atoms with Crippen molar-refractivity contribution in [1.82, 2.24) is 31.9 Å². The summed E-state index contributed by atoms with van der Waals surface area (Å²) in [7, 11) is 0. The molecule has 0 spiro atoms. The molecule has 668 valence electrons. The largest absolute Gasteiger partial charge is 0.379 e. The maximum atomic E-state index is 13.5. The van der Waals surface area contributed by atoms with Crippen LogP contribution in [0.25, 0.3) is 0 Å². The molecule has 0 fully saturated rings. The van der Waals surface area contributed by atoms with Crippen molar-refractivity contribution in [2.24, 2.45) is 5.73 Å². The van der Waals surface area contributed by atoms with E-state index < -0.39 is 5.54 Å². The minimum atomic E-state index is -1.23. The molecule has 0 aliphatic carbocycles. The summed E-state index contributed by atoms with van der Waals surface area (Å²) in [6.45, 7) is 7.50. The van der Waals surface area contributed by atoms with Gasteiger partial charge in [-0.25, -0.2) is 0 Å². The highest BCUT2D eigenvalue weighted by atomic mass is 16.6. The first-order valence-corrected chi connectivity index (χ1v) is 42.5. The van der Waals surface area contributed by atoms with Crippen molar-refractivity contribution < 1.29 is 100.0 Å². The van der Waals surface area contributed by atoms with Crippen LogP contribution in [0.4, 0.5) is 17.1 Å². The number of hydrogen-bond acceptors (Lipinski definition) is 22. The number of fused-ring (bicyclic) bond motifs is 6. The molecule has 3 heterocycles. The highest BCUT2D eigenvalue weighted by Crippen LogP contribution is 2.30. The van der Waals surface area contributed by atoms with Crippen LogP contribution in [-0.4, -0.2) is 257 Å². The Hall–Kier alpha value is -11.3. The summed E-state index contributed by atoms with van der Waals surface area (Å²) in [5, 5.41) is 16.8. The number of hydrogen-bond donors (Lipinski definition) is 7. The minimum Gasteiger partial charge on any atom is -0.379 e. The van der Waals surface area contributed by atoms with Gasteiger partial charge in [-0.2, -0.15) is 0 Å². The molecule has 31 heteroatoms. The van der Waals surface area contributed by atoms with Crippen molar-refractivity contribution in [3.05, 3.63) is 196 Å². The molecule has 0 unspecified atom stereocenters. The van der Waals surface area contributed by atoms with Gasteiger partial charge in [0.25, 0.3) is 0 Å². The van der Waals surface area contributed by atoms with Crippen LogP contribution in [0, 0.1) is 35.5 Å². The number of nitrogens with two attached hydrogens (primary N) is 1. The number of anilines is 3. The second-order valence-corrected chi connectivity index (χ2v) is 29.1.